The van der Waals surface area contributed by atoms with Crippen LogP contribution in [0.2, 0.25) is 0 Å². The molecule has 2 heterocycles. The monoisotopic (exact) mass is 261 g/mol. The molecule has 1 aromatic rings. The molecule has 0 fully saturated rings. The van der Waals surface area contributed by atoms with Gasteiger partial charge in [-0.3, -0.25) is 0 Å². The average molecular weight is 261 g/mol. The molecule has 0 aliphatic carbocycles. The third-order valence-corrected chi connectivity index (χ3v) is 2.72. The number of ether oxygens (including phenoxy) is 1. The van der Waals surface area contributed by atoms with Gasteiger partial charge < -0.3 is 9.64 Å². The van der Waals surface area contributed by atoms with Crippen molar-refractivity contribution in [3.05, 3.63) is 29.9 Å². The lowest BCUT2D eigenvalue weighted by Gasteiger charge is -2.24. The number of aromatic nitrogens is 2. The Morgan fingerprint density at radius 2 is 1.95 bits per heavy atom. The van der Waals surface area contributed by atoms with E-state index in [1.54, 1.807) is 17.3 Å². The van der Waals surface area contributed by atoms with Crippen molar-refractivity contribution >= 4 is 11.7 Å². The SMILES string of the molecule is Cc1ncc(C2=CCN(C(=O)OC(C)(C)C)C2)cn1. The zero-order chi connectivity index (χ0) is 14.0. The van der Waals surface area contributed by atoms with Gasteiger partial charge in [-0.2, -0.15) is 0 Å². The van der Waals surface area contributed by atoms with Crippen LogP contribution in [0.5, 0.6) is 0 Å². The Hall–Kier alpha value is -1.91. The number of carbonyl (C=O) groups excluding carboxylic acids is 1. The van der Waals surface area contributed by atoms with Crippen molar-refractivity contribution in [2.24, 2.45) is 0 Å². The fourth-order valence-electron chi connectivity index (χ4n) is 1.79. The molecule has 0 aromatic carbocycles. The predicted molar refractivity (Wildman–Crippen MR) is 72.6 cm³/mol. The molecular weight excluding hydrogens is 242 g/mol. The molecule has 0 unspecified atom stereocenters. The van der Waals surface area contributed by atoms with Crippen LogP contribution in [0, 0.1) is 6.92 Å². The van der Waals surface area contributed by atoms with Crippen LogP contribution in [-0.2, 0) is 4.74 Å². The molecule has 0 atom stereocenters. The van der Waals surface area contributed by atoms with Crippen molar-refractivity contribution in [3.8, 4) is 0 Å². The van der Waals surface area contributed by atoms with Crippen LogP contribution < -0.4 is 0 Å². The van der Waals surface area contributed by atoms with E-state index in [9.17, 15) is 4.79 Å². The van der Waals surface area contributed by atoms with Crippen LogP contribution in [0.3, 0.4) is 0 Å². The lowest BCUT2D eigenvalue weighted by molar-refractivity contribution is 0.0306. The fourth-order valence-corrected chi connectivity index (χ4v) is 1.79. The van der Waals surface area contributed by atoms with E-state index in [1.165, 1.54) is 0 Å². The van der Waals surface area contributed by atoms with E-state index in [4.69, 9.17) is 4.74 Å². The minimum absolute atomic E-state index is 0.285. The van der Waals surface area contributed by atoms with Gasteiger partial charge in [-0.05, 0) is 33.3 Å². The van der Waals surface area contributed by atoms with Crippen LogP contribution in [0.25, 0.3) is 5.57 Å². The molecule has 0 bridgehead atoms. The van der Waals surface area contributed by atoms with Gasteiger partial charge in [0.2, 0.25) is 0 Å². The van der Waals surface area contributed by atoms with Crippen LogP contribution in [0.15, 0.2) is 18.5 Å². The van der Waals surface area contributed by atoms with Crippen molar-refractivity contribution in [1.29, 1.82) is 0 Å². The Morgan fingerprint density at radius 1 is 1.32 bits per heavy atom. The zero-order valence-corrected chi connectivity index (χ0v) is 11.8. The first-order valence-electron chi connectivity index (χ1n) is 6.31. The van der Waals surface area contributed by atoms with Crippen molar-refractivity contribution in [2.45, 2.75) is 33.3 Å². The zero-order valence-electron chi connectivity index (χ0n) is 11.8. The first kappa shape index (κ1) is 13.5. The maximum absolute atomic E-state index is 11.9. The number of rotatable bonds is 1. The van der Waals surface area contributed by atoms with Crippen LogP contribution in [0.4, 0.5) is 4.79 Å². The molecule has 5 heteroatoms. The minimum Gasteiger partial charge on any atom is -0.444 e. The Labute approximate surface area is 113 Å². The van der Waals surface area contributed by atoms with Crippen molar-refractivity contribution in [2.75, 3.05) is 13.1 Å². The maximum Gasteiger partial charge on any atom is 0.410 e. The summed E-state index contributed by atoms with van der Waals surface area (Å²) < 4.78 is 5.35. The quantitative estimate of drug-likeness (QED) is 0.779. The van der Waals surface area contributed by atoms with E-state index in [0.29, 0.717) is 13.1 Å². The summed E-state index contributed by atoms with van der Waals surface area (Å²) in [6.45, 7) is 8.55. The summed E-state index contributed by atoms with van der Waals surface area (Å²) in [4.78, 5) is 21.9. The molecule has 1 aliphatic heterocycles. The van der Waals surface area contributed by atoms with Gasteiger partial charge in [-0.25, -0.2) is 14.8 Å². The Balaban J connectivity index is 1.99. The molecule has 1 aromatic heterocycles. The number of aryl methyl sites for hydroxylation is 1. The summed E-state index contributed by atoms with van der Waals surface area (Å²) in [6.07, 6.45) is 5.30. The number of hydrogen-bond donors (Lipinski definition) is 0. The summed E-state index contributed by atoms with van der Waals surface area (Å²) in [6, 6.07) is 0. The van der Waals surface area contributed by atoms with Gasteiger partial charge in [-0.1, -0.05) is 6.08 Å². The maximum atomic E-state index is 11.9. The Bertz CT molecular complexity index is 500. The van der Waals surface area contributed by atoms with Crippen LogP contribution >= 0.6 is 0 Å². The molecule has 0 N–H and O–H groups in total. The van der Waals surface area contributed by atoms with Gasteiger partial charge in [0, 0.05) is 31.0 Å². The Kier molecular flexibility index (Phi) is 3.55. The molecule has 102 valence electrons. The van der Waals surface area contributed by atoms with Gasteiger partial charge in [0.25, 0.3) is 0 Å². The number of nitrogens with zero attached hydrogens (tertiary/aromatic N) is 3. The van der Waals surface area contributed by atoms with Crippen molar-refractivity contribution in [1.82, 2.24) is 14.9 Å². The second-order valence-electron chi connectivity index (χ2n) is 5.61. The molecular formula is C14H19N3O2. The highest BCUT2D eigenvalue weighted by Gasteiger charge is 2.25. The molecule has 2 rings (SSSR count). The second kappa shape index (κ2) is 4.99. The lowest BCUT2D eigenvalue weighted by atomic mass is 10.1. The van der Waals surface area contributed by atoms with E-state index in [2.05, 4.69) is 9.97 Å². The first-order chi connectivity index (χ1) is 8.85. The largest absolute Gasteiger partial charge is 0.444 e. The molecule has 1 amide bonds. The standard InChI is InChI=1S/C14H19N3O2/c1-10-15-7-12(8-16-10)11-5-6-17(9-11)13(18)19-14(2,3)4/h5,7-8H,6,9H2,1-4H3. The second-order valence-corrected chi connectivity index (χ2v) is 5.61. The third-order valence-electron chi connectivity index (χ3n) is 2.72. The molecule has 0 saturated heterocycles. The van der Waals surface area contributed by atoms with Gasteiger partial charge in [0.1, 0.15) is 11.4 Å². The van der Waals surface area contributed by atoms with Crippen LogP contribution in [0.1, 0.15) is 32.2 Å². The van der Waals surface area contributed by atoms with E-state index < -0.39 is 5.60 Å². The molecule has 5 nitrogen and oxygen atoms in total. The topological polar surface area (TPSA) is 55.3 Å². The van der Waals surface area contributed by atoms with Crippen molar-refractivity contribution in [3.63, 3.8) is 0 Å². The third kappa shape index (κ3) is 3.53. The van der Waals surface area contributed by atoms with Gasteiger partial charge in [0.15, 0.2) is 0 Å². The summed E-state index contributed by atoms with van der Waals surface area (Å²) >= 11 is 0. The fraction of sp³-hybridized carbons (Fsp3) is 0.500. The summed E-state index contributed by atoms with van der Waals surface area (Å²) in [5, 5.41) is 0. The van der Waals surface area contributed by atoms with E-state index >= 15 is 0 Å². The highest BCUT2D eigenvalue weighted by atomic mass is 16.6. The van der Waals surface area contributed by atoms with Crippen LogP contribution in [-0.4, -0.2) is 39.7 Å². The van der Waals surface area contributed by atoms with E-state index in [-0.39, 0.29) is 6.09 Å². The number of carbonyl (C=O) groups is 1. The predicted octanol–water partition coefficient (Wildman–Crippen LogP) is 2.42. The summed E-state index contributed by atoms with van der Waals surface area (Å²) in [5.41, 5.74) is 1.55. The highest BCUT2D eigenvalue weighted by molar-refractivity contribution is 5.77. The smallest absolute Gasteiger partial charge is 0.410 e. The van der Waals surface area contributed by atoms with Gasteiger partial charge in [-0.15, -0.1) is 0 Å². The molecule has 0 radical (unpaired) electrons. The average Bonchev–Trinajstić information content (AvgIpc) is 2.77. The first-order valence-corrected chi connectivity index (χ1v) is 6.31. The van der Waals surface area contributed by atoms with E-state index in [0.717, 1.165) is 17.0 Å². The highest BCUT2D eigenvalue weighted by Crippen LogP contribution is 2.21. The van der Waals surface area contributed by atoms with Gasteiger partial charge >= 0.3 is 6.09 Å². The lowest BCUT2D eigenvalue weighted by Crippen LogP contribution is -2.35. The summed E-state index contributed by atoms with van der Waals surface area (Å²) in [7, 11) is 0. The normalized spacial score (nSPS) is 15.4. The minimum atomic E-state index is -0.465. The van der Waals surface area contributed by atoms with Gasteiger partial charge in [0.05, 0.1) is 0 Å². The number of amides is 1. The molecule has 0 spiro atoms. The number of hydrogen-bond acceptors (Lipinski definition) is 4. The molecule has 0 saturated carbocycles. The molecule has 19 heavy (non-hydrogen) atoms. The molecule has 1 aliphatic rings. The Morgan fingerprint density at radius 3 is 2.53 bits per heavy atom. The van der Waals surface area contributed by atoms with E-state index in [1.807, 2.05) is 33.8 Å². The summed E-state index contributed by atoms with van der Waals surface area (Å²) in [5.74, 6) is 0.742. The van der Waals surface area contributed by atoms with Crippen molar-refractivity contribution < 1.29 is 9.53 Å².